The number of halogens is 2. The van der Waals surface area contributed by atoms with E-state index in [4.69, 9.17) is 27.6 Å². The standard InChI is InChI=1S/C18H16Cl2N4O2S/c1-3-7-24-17(16-11(2)6-8-26-16)22-23-18(24)27-10-15(25)21-14-9-12(19)4-5-13(14)20/h3-6,8-9H,1,7,10H2,2H3,(H,21,25). The van der Waals surface area contributed by atoms with E-state index in [1.807, 2.05) is 17.6 Å². The summed E-state index contributed by atoms with van der Waals surface area (Å²) in [6, 6.07) is 6.75. The first-order valence-electron chi connectivity index (χ1n) is 7.96. The molecule has 1 aromatic carbocycles. The molecule has 0 bridgehead atoms. The number of aromatic nitrogens is 3. The van der Waals surface area contributed by atoms with E-state index >= 15 is 0 Å². The molecule has 3 rings (SSSR count). The van der Waals surface area contributed by atoms with Crippen LogP contribution in [0.1, 0.15) is 5.56 Å². The number of rotatable bonds is 7. The van der Waals surface area contributed by atoms with Gasteiger partial charge in [0, 0.05) is 11.6 Å². The quantitative estimate of drug-likeness (QED) is 0.424. The zero-order chi connectivity index (χ0) is 19.4. The Labute approximate surface area is 170 Å². The Hall–Kier alpha value is -2.22. The topological polar surface area (TPSA) is 73.0 Å². The summed E-state index contributed by atoms with van der Waals surface area (Å²) in [6.45, 7) is 6.19. The SMILES string of the molecule is C=CCn1c(SCC(=O)Nc2cc(Cl)ccc2Cl)nnc1-c1occc1C. The summed E-state index contributed by atoms with van der Waals surface area (Å²) in [5, 5.41) is 12.6. The number of furan rings is 1. The van der Waals surface area contributed by atoms with Crippen molar-refractivity contribution in [3.8, 4) is 11.6 Å². The van der Waals surface area contributed by atoms with Gasteiger partial charge in [0.25, 0.3) is 0 Å². The van der Waals surface area contributed by atoms with Gasteiger partial charge in [-0.2, -0.15) is 0 Å². The minimum absolute atomic E-state index is 0.134. The van der Waals surface area contributed by atoms with Gasteiger partial charge < -0.3 is 9.73 Å². The Kier molecular flexibility index (Phi) is 6.26. The molecule has 0 aliphatic carbocycles. The molecule has 0 spiro atoms. The Balaban J connectivity index is 1.73. The Morgan fingerprint density at radius 1 is 1.37 bits per heavy atom. The monoisotopic (exact) mass is 422 g/mol. The first kappa shape index (κ1) is 19.5. The van der Waals surface area contributed by atoms with E-state index in [9.17, 15) is 4.79 Å². The summed E-state index contributed by atoms with van der Waals surface area (Å²) in [6.07, 6.45) is 3.34. The minimum Gasteiger partial charge on any atom is -0.461 e. The van der Waals surface area contributed by atoms with Crippen LogP contribution in [0.5, 0.6) is 0 Å². The number of anilines is 1. The molecule has 3 aromatic rings. The molecule has 9 heteroatoms. The molecule has 6 nitrogen and oxygen atoms in total. The van der Waals surface area contributed by atoms with E-state index in [0.29, 0.717) is 39.0 Å². The van der Waals surface area contributed by atoms with Gasteiger partial charge in [0.2, 0.25) is 11.7 Å². The van der Waals surface area contributed by atoms with Gasteiger partial charge in [-0.25, -0.2) is 0 Å². The van der Waals surface area contributed by atoms with Crippen LogP contribution in [0.25, 0.3) is 11.6 Å². The van der Waals surface area contributed by atoms with Crippen LogP contribution < -0.4 is 5.32 Å². The van der Waals surface area contributed by atoms with Gasteiger partial charge in [-0.1, -0.05) is 41.0 Å². The van der Waals surface area contributed by atoms with E-state index in [1.165, 1.54) is 11.8 Å². The third-order valence-corrected chi connectivity index (χ3v) is 5.16. The third-order valence-electron chi connectivity index (χ3n) is 3.63. The third kappa shape index (κ3) is 4.55. The maximum atomic E-state index is 12.3. The fourth-order valence-electron chi connectivity index (χ4n) is 2.37. The van der Waals surface area contributed by atoms with Crippen molar-refractivity contribution in [1.82, 2.24) is 14.8 Å². The number of aryl methyl sites for hydroxylation is 1. The number of nitrogens with one attached hydrogen (secondary N) is 1. The van der Waals surface area contributed by atoms with Crippen molar-refractivity contribution < 1.29 is 9.21 Å². The lowest BCUT2D eigenvalue weighted by molar-refractivity contribution is -0.113. The highest BCUT2D eigenvalue weighted by Crippen LogP contribution is 2.28. The van der Waals surface area contributed by atoms with Crippen LogP contribution in [0.4, 0.5) is 5.69 Å². The lowest BCUT2D eigenvalue weighted by atomic mass is 10.3. The molecule has 2 heterocycles. The molecule has 0 aliphatic heterocycles. The molecule has 0 saturated carbocycles. The smallest absolute Gasteiger partial charge is 0.234 e. The summed E-state index contributed by atoms with van der Waals surface area (Å²) >= 11 is 13.3. The zero-order valence-electron chi connectivity index (χ0n) is 14.4. The summed E-state index contributed by atoms with van der Waals surface area (Å²) in [7, 11) is 0. The predicted octanol–water partition coefficient (Wildman–Crippen LogP) is 5.07. The van der Waals surface area contributed by atoms with E-state index in [1.54, 1.807) is 30.5 Å². The lowest BCUT2D eigenvalue weighted by Gasteiger charge is -2.08. The fourth-order valence-corrected chi connectivity index (χ4v) is 3.45. The highest BCUT2D eigenvalue weighted by Gasteiger charge is 2.18. The molecular weight excluding hydrogens is 407 g/mol. The molecule has 1 N–H and O–H groups in total. The number of nitrogens with zero attached hydrogens (tertiary/aromatic N) is 3. The van der Waals surface area contributed by atoms with Crippen LogP contribution in [0.2, 0.25) is 10.0 Å². The van der Waals surface area contributed by atoms with Crippen LogP contribution in [-0.4, -0.2) is 26.4 Å². The first-order chi connectivity index (χ1) is 13.0. The minimum atomic E-state index is -0.229. The highest BCUT2D eigenvalue weighted by atomic mass is 35.5. The van der Waals surface area contributed by atoms with Gasteiger partial charge in [-0.3, -0.25) is 9.36 Å². The van der Waals surface area contributed by atoms with Crippen molar-refractivity contribution in [3.63, 3.8) is 0 Å². The van der Waals surface area contributed by atoms with Gasteiger partial charge in [-0.05, 0) is 36.8 Å². The van der Waals surface area contributed by atoms with Gasteiger partial charge in [0.15, 0.2) is 10.9 Å². The van der Waals surface area contributed by atoms with Gasteiger partial charge in [-0.15, -0.1) is 16.8 Å². The molecule has 0 unspecified atom stereocenters. The maximum Gasteiger partial charge on any atom is 0.234 e. The van der Waals surface area contributed by atoms with Crippen LogP contribution in [0.15, 0.2) is 52.8 Å². The number of amides is 1. The average molecular weight is 423 g/mol. The van der Waals surface area contributed by atoms with Gasteiger partial charge in [0.05, 0.1) is 22.7 Å². The van der Waals surface area contributed by atoms with E-state index in [0.717, 1.165) is 5.56 Å². The summed E-state index contributed by atoms with van der Waals surface area (Å²) in [5.74, 6) is 1.15. The first-order valence-corrected chi connectivity index (χ1v) is 9.70. The van der Waals surface area contributed by atoms with Crippen molar-refractivity contribution in [1.29, 1.82) is 0 Å². The predicted molar refractivity (Wildman–Crippen MR) is 108 cm³/mol. The number of carbonyl (C=O) groups is 1. The molecule has 2 aromatic heterocycles. The van der Waals surface area contributed by atoms with E-state index in [-0.39, 0.29) is 11.7 Å². The molecule has 140 valence electrons. The van der Waals surface area contributed by atoms with Gasteiger partial charge >= 0.3 is 0 Å². The normalized spacial score (nSPS) is 10.8. The van der Waals surface area contributed by atoms with Crippen LogP contribution in [-0.2, 0) is 11.3 Å². The molecule has 1 amide bonds. The lowest BCUT2D eigenvalue weighted by Crippen LogP contribution is -2.15. The summed E-state index contributed by atoms with van der Waals surface area (Å²) < 4.78 is 7.36. The Morgan fingerprint density at radius 2 is 2.19 bits per heavy atom. The number of thioether (sulfide) groups is 1. The number of benzene rings is 1. The molecule has 0 saturated heterocycles. The molecule has 0 fully saturated rings. The Morgan fingerprint density at radius 3 is 2.89 bits per heavy atom. The second-order valence-electron chi connectivity index (χ2n) is 5.60. The molecule has 0 radical (unpaired) electrons. The Bertz CT molecular complexity index is 984. The number of hydrogen-bond donors (Lipinski definition) is 1. The summed E-state index contributed by atoms with van der Waals surface area (Å²) in [4.78, 5) is 12.3. The van der Waals surface area contributed by atoms with Gasteiger partial charge in [0.1, 0.15) is 0 Å². The molecule has 0 aliphatic rings. The molecule has 0 atom stereocenters. The number of hydrogen-bond acceptors (Lipinski definition) is 5. The van der Waals surface area contributed by atoms with Crippen molar-refractivity contribution >= 4 is 46.6 Å². The zero-order valence-corrected chi connectivity index (χ0v) is 16.7. The number of allylic oxidation sites excluding steroid dienone is 1. The fraction of sp³-hybridized carbons (Fsp3) is 0.167. The summed E-state index contributed by atoms with van der Waals surface area (Å²) in [5.41, 5.74) is 1.42. The van der Waals surface area contributed by atoms with E-state index in [2.05, 4.69) is 22.1 Å². The average Bonchev–Trinajstić information content (AvgIpc) is 3.22. The molecule has 27 heavy (non-hydrogen) atoms. The molecular formula is C18H16Cl2N4O2S. The van der Waals surface area contributed by atoms with E-state index < -0.39 is 0 Å². The second-order valence-corrected chi connectivity index (χ2v) is 7.39. The van der Waals surface area contributed by atoms with Crippen molar-refractivity contribution in [2.24, 2.45) is 0 Å². The van der Waals surface area contributed by atoms with Crippen LogP contribution >= 0.6 is 35.0 Å². The second kappa shape index (κ2) is 8.65. The largest absolute Gasteiger partial charge is 0.461 e. The van der Waals surface area contributed by atoms with Crippen molar-refractivity contribution in [3.05, 3.63) is 58.8 Å². The van der Waals surface area contributed by atoms with Crippen molar-refractivity contribution in [2.45, 2.75) is 18.6 Å². The highest BCUT2D eigenvalue weighted by molar-refractivity contribution is 7.99. The van der Waals surface area contributed by atoms with Crippen LogP contribution in [0, 0.1) is 6.92 Å². The number of carbonyl (C=O) groups excluding carboxylic acids is 1. The maximum absolute atomic E-state index is 12.3. The van der Waals surface area contributed by atoms with Crippen LogP contribution in [0.3, 0.4) is 0 Å². The van der Waals surface area contributed by atoms with Crippen molar-refractivity contribution in [2.75, 3.05) is 11.1 Å².